The highest BCUT2D eigenvalue weighted by atomic mass is 32.1. The zero-order chi connectivity index (χ0) is 21.8. The molecule has 0 bridgehead atoms. The minimum atomic E-state index is -0.139. The molecule has 156 valence electrons. The minimum absolute atomic E-state index is 0.139. The van der Waals surface area contributed by atoms with Crippen LogP contribution >= 0.6 is 11.3 Å². The van der Waals surface area contributed by atoms with Gasteiger partial charge in [0.05, 0.1) is 40.2 Å². The second-order valence-corrected chi connectivity index (χ2v) is 8.33. The van der Waals surface area contributed by atoms with Gasteiger partial charge in [-0.2, -0.15) is 0 Å². The Bertz CT molecular complexity index is 1200. The Morgan fingerprint density at radius 2 is 1.71 bits per heavy atom. The van der Waals surface area contributed by atoms with Crippen molar-refractivity contribution in [1.82, 2.24) is 20.3 Å². The zero-order valence-corrected chi connectivity index (χ0v) is 18.7. The third-order valence-corrected chi connectivity index (χ3v) is 6.00. The van der Waals surface area contributed by atoms with Crippen molar-refractivity contribution in [3.8, 4) is 21.6 Å². The summed E-state index contributed by atoms with van der Waals surface area (Å²) in [6.07, 6.45) is 4.24. The molecule has 0 unspecified atom stereocenters. The van der Waals surface area contributed by atoms with Crippen LogP contribution in [0.5, 0.6) is 0 Å². The van der Waals surface area contributed by atoms with Gasteiger partial charge in [-0.25, -0.2) is 4.98 Å². The summed E-state index contributed by atoms with van der Waals surface area (Å²) < 4.78 is 0. The van der Waals surface area contributed by atoms with Crippen molar-refractivity contribution in [2.75, 3.05) is 0 Å². The molecule has 0 saturated carbocycles. The molecular formula is C25H24N4OS. The third kappa shape index (κ3) is 4.86. The van der Waals surface area contributed by atoms with Gasteiger partial charge in [-0.1, -0.05) is 36.8 Å². The average Bonchev–Trinajstić information content (AvgIpc) is 3.28. The van der Waals surface area contributed by atoms with Gasteiger partial charge in [-0.3, -0.25) is 14.8 Å². The van der Waals surface area contributed by atoms with E-state index in [1.54, 1.807) is 23.7 Å². The number of rotatable bonds is 6. The predicted molar refractivity (Wildman–Crippen MR) is 125 cm³/mol. The maximum absolute atomic E-state index is 13.0. The van der Waals surface area contributed by atoms with Gasteiger partial charge < -0.3 is 5.32 Å². The number of benzene rings is 2. The van der Waals surface area contributed by atoms with Crippen LogP contribution in [0.2, 0.25) is 0 Å². The van der Waals surface area contributed by atoms with Gasteiger partial charge in [0.15, 0.2) is 0 Å². The molecule has 5 nitrogen and oxygen atoms in total. The van der Waals surface area contributed by atoms with E-state index >= 15 is 0 Å². The lowest BCUT2D eigenvalue weighted by molar-refractivity contribution is 0.0950. The largest absolute Gasteiger partial charge is 0.346 e. The van der Waals surface area contributed by atoms with Crippen molar-refractivity contribution in [3.05, 3.63) is 88.6 Å². The van der Waals surface area contributed by atoms with Gasteiger partial charge in [-0.15, -0.1) is 11.3 Å². The summed E-state index contributed by atoms with van der Waals surface area (Å²) in [4.78, 5) is 27.2. The van der Waals surface area contributed by atoms with Crippen LogP contribution in [0.3, 0.4) is 0 Å². The highest BCUT2D eigenvalue weighted by Crippen LogP contribution is 2.33. The number of carbonyl (C=O) groups excluding carboxylic acids is 1. The molecular weight excluding hydrogens is 404 g/mol. The number of thiazole rings is 1. The summed E-state index contributed by atoms with van der Waals surface area (Å²) in [5.74, 6) is -0.139. The number of carbonyl (C=O) groups is 1. The smallest absolute Gasteiger partial charge is 0.251 e. The Hall–Kier alpha value is -3.38. The maximum atomic E-state index is 13.0. The van der Waals surface area contributed by atoms with Crippen molar-refractivity contribution in [2.24, 2.45) is 0 Å². The Morgan fingerprint density at radius 1 is 0.935 bits per heavy atom. The molecule has 6 heteroatoms. The van der Waals surface area contributed by atoms with E-state index in [1.807, 2.05) is 24.6 Å². The Morgan fingerprint density at radius 3 is 2.42 bits per heavy atom. The van der Waals surface area contributed by atoms with Crippen molar-refractivity contribution < 1.29 is 4.79 Å². The van der Waals surface area contributed by atoms with Crippen molar-refractivity contribution >= 4 is 17.2 Å². The van der Waals surface area contributed by atoms with E-state index in [1.165, 1.54) is 5.56 Å². The van der Waals surface area contributed by atoms with Crippen LogP contribution in [0, 0.1) is 13.8 Å². The van der Waals surface area contributed by atoms with Gasteiger partial charge >= 0.3 is 0 Å². The fourth-order valence-electron chi connectivity index (χ4n) is 3.34. The third-order valence-electron chi connectivity index (χ3n) is 5.08. The molecule has 0 saturated heterocycles. The standard InChI is InChI=1S/C25H24N4OS/c1-4-23-24(31-15-29-23)20-9-19(18-7-5-16(2)6-8-18)10-21(11-20)25(30)28-14-22-13-26-17(3)12-27-22/h5-13,15H,4,14H2,1-3H3,(H,28,30). The van der Waals surface area contributed by atoms with E-state index in [4.69, 9.17) is 0 Å². The van der Waals surface area contributed by atoms with E-state index in [9.17, 15) is 4.79 Å². The van der Waals surface area contributed by atoms with E-state index in [-0.39, 0.29) is 5.91 Å². The van der Waals surface area contributed by atoms with Crippen LogP contribution in [0.1, 0.15) is 39.9 Å². The molecule has 0 spiro atoms. The predicted octanol–water partition coefficient (Wildman–Crippen LogP) is 5.38. The first-order valence-electron chi connectivity index (χ1n) is 10.2. The molecule has 0 fully saturated rings. The number of nitrogens with one attached hydrogen (secondary N) is 1. The topological polar surface area (TPSA) is 67.8 Å². The number of amides is 1. The number of hydrogen-bond acceptors (Lipinski definition) is 5. The Labute approximate surface area is 186 Å². The molecule has 4 aromatic rings. The summed E-state index contributed by atoms with van der Waals surface area (Å²) in [5, 5.41) is 2.97. The van der Waals surface area contributed by atoms with Crippen LogP contribution in [0.4, 0.5) is 0 Å². The first-order valence-corrected chi connectivity index (χ1v) is 11.1. The number of hydrogen-bond donors (Lipinski definition) is 1. The molecule has 0 atom stereocenters. The lowest BCUT2D eigenvalue weighted by Gasteiger charge is -2.11. The monoisotopic (exact) mass is 428 g/mol. The Kier molecular flexibility index (Phi) is 6.18. The fourth-order valence-corrected chi connectivity index (χ4v) is 4.21. The van der Waals surface area contributed by atoms with Crippen LogP contribution in [-0.2, 0) is 13.0 Å². The van der Waals surface area contributed by atoms with E-state index < -0.39 is 0 Å². The SMILES string of the molecule is CCc1ncsc1-c1cc(C(=O)NCc2cnc(C)cn2)cc(-c2ccc(C)cc2)c1. The molecule has 0 aliphatic heterocycles. The highest BCUT2D eigenvalue weighted by molar-refractivity contribution is 7.13. The normalized spacial score (nSPS) is 10.8. The van der Waals surface area contributed by atoms with Crippen molar-refractivity contribution in [2.45, 2.75) is 33.7 Å². The summed E-state index contributed by atoms with van der Waals surface area (Å²) in [7, 11) is 0. The highest BCUT2D eigenvalue weighted by Gasteiger charge is 2.14. The van der Waals surface area contributed by atoms with Crippen LogP contribution in [-0.4, -0.2) is 20.9 Å². The molecule has 0 radical (unpaired) electrons. The van der Waals surface area contributed by atoms with Gasteiger partial charge in [0.1, 0.15) is 0 Å². The van der Waals surface area contributed by atoms with Gasteiger partial charge in [0, 0.05) is 11.8 Å². The molecule has 2 aromatic heterocycles. The second kappa shape index (κ2) is 9.18. The molecule has 0 aliphatic carbocycles. The van der Waals surface area contributed by atoms with E-state index in [0.717, 1.165) is 45.1 Å². The number of nitrogens with zero attached hydrogens (tertiary/aromatic N) is 3. The number of aromatic nitrogens is 3. The van der Waals surface area contributed by atoms with E-state index in [0.29, 0.717) is 12.1 Å². The maximum Gasteiger partial charge on any atom is 0.251 e. The Balaban J connectivity index is 1.69. The number of aryl methyl sites for hydroxylation is 3. The summed E-state index contributed by atoms with van der Waals surface area (Å²) in [5.41, 5.74) is 9.40. The molecule has 0 aliphatic rings. The molecule has 2 aromatic carbocycles. The lowest BCUT2D eigenvalue weighted by atomic mass is 9.97. The summed E-state index contributed by atoms with van der Waals surface area (Å²) in [6, 6.07) is 14.4. The fraction of sp³-hybridized carbons (Fsp3) is 0.200. The van der Waals surface area contributed by atoms with Gasteiger partial charge in [0.25, 0.3) is 5.91 Å². The average molecular weight is 429 g/mol. The second-order valence-electron chi connectivity index (χ2n) is 7.48. The van der Waals surface area contributed by atoms with Gasteiger partial charge in [-0.05, 0) is 55.2 Å². The van der Waals surface area contributed by atoms with Crippen LogP contribution in [0.15, 0.2) is 60.4 Å². The summed E-state index contributed by atoms with van der Waals surface area (Å²) in [6.45, 7) is 6.38. The molecule has 1 amide bonds. The minimum Gasteiger partial charge on any atom is -0.346 e. The molecule has 31 heavy (non-hydrogen) atoms. The zero-order valence-electron chi connectivity index (χ0n) is 17.8. The quantitative estimate of drug-likeness (QED) is 0.448. The molecule has 4 rings (SSSR count). The van der Waals surface area contributed by atoms with Crippen LogP contribution in [0.25, 0.3) is 21.6 Å². The van der Waals surface area contributed by atoms with Crippen molar-refractivity contribution in [3.63, 3.8) is 0 Å². The molecule has 1 N–H and O–H groups in total. The van der Waals surface area contributed by atoms with E-state index in [2.05, 4.69) is 64.4 Å². The summed E-state index contributed by atoms with van der Waals surface area (Å²) >= 11 is 1.60. The van der Waals surface area contributed by atoms with Crippen LogP contribution < -0.4 is 5.32 Å². The molecule has 2 heterocycles. The van der Waals surface area contributed by atoms with Gasteiger partial charge in [0.2, 0.25) is 0 Å². The van der Waals surface area contributed by atoms with Crippen molar-refractivity contribution in [1.29, 1.82) is 0 Å². The lowest BCUT2D eigenvalue weighted by Crippen LogP contribution is -2.23. The first kappa shape index (κ1) is 20.9. The first-order chi connectivity index (χ1) is 15.0.